The molecule has 0 unspecified atom stereocenters. The molecular weight excluding hydrogens is 454 g/mol. The molecule has 8 nitrogen and oxygen atoms in total. The van der Waals surface area contributed by atoms with Crippen LogP contribution in [-0.4, -0.2) is 54.0 Å². The number of sulfonamides is 1. The van der Waals surface area contributed by atoms with Crippen LogP contribution in [0.25, 0.3) is 0 Å². The summed E-state index contributed by atoms with van der Waals surface area (Å²) in [5, 5.41) is 3.15. The molecule has 0 saturated heterocycles. The second-order valence-corrected chi connectivity index (χ2v) is 10.0. The average Bonchev–Trinajstić information content (AvgIpc) is 2.93. The minimum atomic E-state index is -4.16. The van der Waals surface area contributed by atoms with Crippen molar-refractivity contribution in [3.63, 3.8) is 0 Å². The summed E-state index contributed by atoms with van der Waals surface area (Å²) in [6.07, 6.45) is 0. The van der Waals surface area contributed by atoms with E-state index in [4.69, 9.17) is 11.6 Å². The average molecular weight is 478 g/mol. The smallest absolute Gasteiger partial charge is 0.269 e. The Labute approximate surface area is 192 Å². The fourth-order valence-electron chi connectivity index (χ4n) is 3.40. The number of halogens is 1. The van der Waals surface area contributed by atoms with Gasteiger partial charge in [-0.15, -0.1) is 0 Å². The zero-order chi connectivity index (χ0) is 23.6. The molecule has 0 bridgehead atoms. The molecule has 0 aliphatic carbocycles. The van der Waals surface area contributed by atoms with E-state index >= 15 is 0 Å². The van der Waals surface area contributed by atoms with E-state index in [1.807, 2.05) is 0 Å². The SMILES string of the molecule is CC(C)NC(=O)[C@H](C)N(Cc1ccccc1Cl)C(=O)CN1C(=O)c2ccccc2S1(=O)=O. The summed E-state index contributed by atoms with van der Waals surface area (Å²) in [5.41, 5.74) is 0.606. The Morgan fingerprint density at radius 2 is 1.69 bits per heavy atom. The number of hydrogen-bond donors (Lipinski definition) is 1. The van der Waals surface area contributed by atoms with Crippen LogP contribution < -0.4 is 5.32 Å². The van der Waals surface area contributed by atoms with Crippen molar-refractivity contribution in [2.45, 2.75) is 44.3 Å². The number of nitrogens with zero attached hydrogens (tertiary/aromatic N) is 2. The number of carbonyl (C=O) groups is 3. The molecular formula is C22H24ClN3O5S. The summed E-state index contributed by atoms with van der Waals surface area (Å²) in [4.78, 5) is 39.7. The maximum Gasteiger partial charge on any atom is 0.269 e. The van der Waals surface area contributed by atoms with E-state index < -0.39 is 40.3 Å². The predicted molar refractivity (Wildman–Crippen MR) is 119 cm³/mol. The van der Waals surface area contributed by atoms with Crippen LogP contribution in [-0.2, 0) is 26.2 Å². The van der Waals surface area contributed by atoms with Crippen LogP contribution >= 0.6 is 11.6 Å². The lowest BCUT2D eigenvalue weighted by Gasteiger charge is -2.30. The number of rotatable bonds is 7. The van der Waals surface area contributed by atoms with E-state index in [9.17, 15) is 22.8 Å². The molecule has 1 aliphatic heterocycles. The highest BCUT2D eigenvalue weighted by atomic mass is 35.5. The summed E-state index contributed by atoms with van der Waals surface area (Å²) in [5.74, 6) is -1.87. The topological polar surface area (TPSA) is 104 Å². The van der Waals surface area contributed by atoms with Crippen LogP contribution in [0.15, 0.2) is 53.4 Å². The zero-order valence-corrected chi connectivity index (χ0v) is 19.5. The summed E-state index contributed by atoms with van der Waals surface area (Å²) < 4.78 is 26.2. The van der Waals surface area contributed by atoms with Gasteiger partial charge in [0.1, 0.15) is 17.5 Å². The molecule has 0 saturated carbocycles. The monoisotopic (exact) mass is 477 g/mol. The Morgan fingerprint density at radius 1 is 1.06 bits per heavy atom. The van der Waals surface area contributed by atoms with Crippen molar-refractivity contribution in [2.24, 2.45) is 0 Å². The fourth-order valence-corrected chi connectivity index (χ4v) is 5.11. The van der Waals surface area contributed by atoms with Gasteiger partial charge in [-0.1, -0.05) is 41.9 Å². The minimum absolute atomic E-state index is 0.0172. The molecule has 3 amide bonds. The highest BCUT2D eigenvalue weighted by Gasteiger charge is 2.43. The quantitative estimate of drug-likeness (QED) is 0.659. The third-order valence-corrected chi connectivity index (χ3v) is 7.24. The molecule has 32 heavy (non-hydrogen) atoms. The molecule has 10 heteroatoms. The zero-order valence-electron chi connectivity index (χ0n) is 17.9. The van der Waals surface area contributed by atoms with Gasteiger partial charge in [0.2, 0.25) is 11.8 Å². The normalized spacial score (nSPS) is 15.4. The van der Waals surface area contributed by atoms with Crippen molar-refractivity contribution in [3.8, 4) is 0 Å². The van der Waals surface area contributed by atoms with Crippen molar-refractivity contribution in [2.75, 3.05) is 6.54 Å². The van der Waals surface area contributed by atoms with Gasteiger partial charge in [0.15, 0.2) is 0 Å². The molecule has 3 rings (SSSR count). The minimum Gasteiger partial charge on any atom is -0.352 e. The highest BCUT2D eigenvalue weighted by molar-refractivity contribution is 7.90. The maximum atomic E-state index is 13.3. The molecule has 0 spiro atoms. The Kier molecular flexibility index (Phi) is 6.90. The largest absolute Gasteiger partial charge is 0.352 e. The Hall–Kier alpha value is -2.91. The Bertz CT molecular complexity index is 1170. The van der Waals surface area contributed by atoms with Gasteiger partial charge in [-0.2, -0.15) is 0 Å². The maximum absolute atomic E-state index is 13.3. The van der Waals surface area contributed by atoms with Crippen molar-refractivity contribution in [1.82, 2.24) is 14.5 Å². The molecule has 1 heterocycles. The first-order valence-electron chi connectivity index (χ1n) is 10.0. The van der Waals surface area contributed by atoms with Gasteiger partial charge in [0.05, 0.1) is 5.56 Å². The summed E-state index contributed by atoms with van der Waals surface area (Å²) in [6, 6.07) is 11.6. The number of amides is 3. The number of carbonyl (C=O) groups excluding carboxylic acids is 3. The summed E-state index contributed by atoms with van der Waals surface area (Å²) in [6.45, 7) is 4.37. The van der Waals surface area contributed by atoms with Crippen molar-refractivity contribution in [3.05, 3.63) is 64.7 Å². The predicted octanol–water partition coefficient (Wildman–Crippen LogP) is 2.43. The summed E-state index contributed by atoms with van der Waals surface area (Å²) >= 11 is 6.24. The molecule has 0 fully saturated rings. The lowest BCUT2D eigenvalue weighted by Crippen LogP contribution is -2.52. The van der Waals surface area contributed by atoms with Crippen molar-refractivity contribution >= 4 is 39.3 Å². The first-order chi connectivity index (χ1) is 15.0. The van der Waals surface area contributed by atoms with E-state index in [1.165, 1.54) is 23.1 Å². The number of nitrogens with one attached hydrogen (secondary N) is 1. The summed E-state index contributed by atoms with van der Waals surface area (Å²) in [7, 11) is -4.16. The van der Waals surface area contributed by atoms with Gasteiger partial charge >= 0.3 is 0 Å². The van der Waals surface area contributed by atoms with Crippen LogP contribution in [0.5, 0.6) is 0 Å². The van der Waals surface area contributed by atoms with Crippen molar-refractivity contribution < 1.29 is 22.8 Å². The second kappa shape index (κ2) is 9.30. The van der Waals surface area contributed by atoms with Gasteiger partial charge in [0, 0.05) is 17.6 Å². The lowest BCUT2D eigenvalue weighted by molar-refractivity contribution is -0.140. The van der Waals surface area contributed by atoms with Gasteiger partial charge in [-0.05, 0) is 44.5 Å². The van der Waals surface area contributed by atoms with Crippen molar-refractivity contribution in [1.29, 1.82) is 0 Å². The lowest BCUT2D eigenvalue weighted by atomic mass is 10.1. The van der Waals surface area contributed by atoms with Gasteiger partial charge in [-0.25, -0.2) is 12.7 Å². The van der Waals surface area contributed by atoms with E-state index in [2.05, 4.69) is 5.32 Å². The van der Waals surface area contributed by atoms with Gasteiger partial charge in [0.25, 0.3) is 15.9 Å². The molecule has 2 aromatic carbocycles. The van der Waals surface area contributed by atoms with Crippen LogP contribution in [0.1, 0.15) is 36.7 Å². The molecule has 170 valence electrons. The molecule has 1 atom stereocenters. The molecule has 0 radical (unpaired) electrons. The molecule has 0 aromatic heterocycles. The molecule has 2 aromatic rings. The number of benzene rings is 2. The van der Waals surface area contributed by atoms with Crippen LogP contribution in [0.4, 0.5) is 0 Å². The fraction of sp³-hybridized carbons (Fsp3) is 0.318. The van der Waals surface area contributed by atoms with E-state index in [0.29, 0.717) is 14.9 Å². The third kappa shape index (κ3) is 4.63. The van der Waals surface area contributed by atoms with E-state index in [0.717, 1.165) is 0 Å². The van der Waals surface area contributed by atoms with Crippen LogP contribution in [0.3, 0.4) is 0 Å². The Balaban J connectivity index is 1.91. The molecule has 1 aliphatic rings. The van der Waals surface area contributed by atoms with Crippen LogP contribution in [0, 0.1) is 0 Å². The van der Waals surface area contributed by atoms with E-state index in [-0.39, 0.29) is 23.0 Å². The molecule has 1 N–H and O–H groups in total. The Morgan fingerprint density at radius 3 is 2.31 bits per heavy atom. The van der Waals surface area contributed by atoms with Crippen LogP contribution in [0.2, 0.25) is 5.02 Å². The second-order valence-electron chi connectivity index (χ2n) is 7.77. The standard InChI is InChI=1S/C22H24ClN3O5S/c1-14(2)24-21(28)15(3)25(12-16-8-4-6-10-18(16)23)20(27)13-26-22(29)17-9-5-7-11-19(17)32(26,30)31/h4-11,14-15H,12-13H2,1-3H3,(H,24,28)/t15-/m0/s1. The number of fused-ring (bicyclic) bond motifs is 1. The first-order valence-corrected chi connectivity index (χ1v) is 11.8. The first kappa shape index (κ1) is 23.7. The number of hydrogen-bond acceptors (Lipinski definition) is 5. The highest BCUT2D eigenvalue weighted by Crippen LogP contribution is 2.30. The van der Waals surface area contributed by atoms with Gasteiger partial charge < -0.3 is 10.2 Å². The van der Waals surface area contributed by atoms with Gasteiger partial charge in [-0.3, -0.25) is 14.4 Å². The third-order valence-electron chi connectivity index (χ3n) is 5.09. The van der Waals surface area contributed by atoms with E-state index in [1.54, 1.807) is 51.1 Å².